The van der Waals surface area contributed by atoms with Crippen LogP contribution in [0.5, 0.6) is 5.75 Å². The maximum Gasteiger partial charge on any atom is 0.271 e. The fourth-order valence-electron chi connectivity index (χ4n) is 5.00. The van der Waals surface area contributed by atoms with Crippen molar-refractivity contribution in [3.05, 3.63) is 76.6 Å². The highest BCUT2D eigenvalue weighted by Crippen LogP contribution is 2.44. The summed E-state index contributed by atoms with van der Waals surface area (Å²) in [4.78, 5) is 43.4. The van der Waals surface area contributed by atoms with E-state index >= 15 is 0 Å². The van der Waals surface area contributed by atoms with Gasteiger partial charge in [-0.2, -0.15) is 5.10 Å². The number of nitrogens with zero attached hydrogens (tertiary/aromatic N) is 7. The molecule has 0 fully saturated rings. The van der Waals surface area contributed by atoms with Crippen LogP contribution in [0.15, 0.2) is 49.1 Å². The molecule has 0 aliphatic rings. The third-order valence-corrected chi connectivity index (χ3v) is 7.70. The van der Waals surface area contributed by atoms with E-state index in [4.69, 9.17) is 27.2 Å². The Morgan fingerprint density at radius 3 is 2.36 bits per heavy atom. The standard InChI is InChI=1S/C31H32ClN9O3/c1-7-44-27-20(12-21(32)16(2)24(27)18-8-10-22(35-13-18)30(42)34-4)17(3)41-29-25(28(33)37-15-38-29)26(39-41)19-9-11-23(36-14-19)31(43)40(5)6/h8-15,17H,7H2,1-6H3,(H,34,42)(H2,33,37,38). The molecular formula is C31H32ClN9O3. The number of fused-ring (bicyclic) bond motifs is 1. The molecule has 0 spiro atoms. The zero-order valence-electron chi connectivity index (χ0n) is 25.2. The van der Waals surface area contributed by atoms with E-state index in [-0.39, 0.29) is 17.6 Å². The van der Waals surface area contributed by atoms with Crippen LogP contribution in [-0.2, 0) is 0 Å². The summed E-state index contributed by atoms with van der Waals surface area (Å²) in [5.74, 6) is 0.372. The Labute approximate surface area is 259 Å². The number of benzene rings is 1. The first-order chi connectivity index (χ1) is 21.1. The number of amides is 2. The normalized spacial score (nSPS) is 11.8. The second-order valence-electron chi connectivity index (χ2n) is 10.3. The Morgan fingerprint density at radius 2 is 1.75 bits per heavy atom. The molecule has 0 saturated heterocycles. The predicted octanol–water partition coefficient (Wildman–Crippen LogP) is 4.56. The molecule has 12 nitrogen and oxygen atoms in total. The summed E-state index contributed by atoms with van der Waals surface area (Å²) in [6.07, 6.45) is 4.61. The van der Waals surface area contributed by atoms with E-state index in [1.54, 1.807) is 56.4 Å². The van der Waals surface area contributed by atoms with Crippen LogP contribution in [0, 0.1) is 6.92 Å². The van der Waals surface area contributed by atoms with Gasteiger partial charge in [0, 0.05) is 60.8 Å². The minimum Gasteiger partial charge on any atom is -0.493 e. The minimum atomic E-state index is -0.431. The van der Waals surface area contributed by atoms with Crippen molar-refractivity contribution in [3.8, 4) is 28.1 Å². The van der Waals surface area contributed by atoms with Gasteiger partial charge >= 0.3 is 0 Å². The predicted molar refractivity (Wildman–Crippen MR) is 169 cm³/mol. The smallest absolute Gasteiger partial charge is 0.271 e. The summed E-state index contributed by atoms with van der Waals surface area (Å²) in [5, 5.41) is 8.61. The first kappa shape index (κ1) is 30.4. The number of rotatable bonds is 8. The van der Waals surface area contributed by atoms with E-state index in [1.165, 1.54) is 11.2 Å². The van der Waals surface area contributed by atoms with Gasteiger partial charge in [-0.1, -0.05) is 17.7 Å². The monoisotopic (exact) mass is 613 g/mol. The molecule has 5 aromatic rings. The lowest BCUT2D eigenvalue weighted by atomic mass is 9.94. The highest BCUT2D eigenvalue weighted by Gasteiger charge is 2.27. The zero-order valence-corrected chi connectivity index (χ0v) is 26.0. The molecule has 226 valence electrons. The second kappa shape index (κ2) is 12.3. The molecule has 5 rings (SSSR count). The lowest BCUT2D eigenvalue weighted by molar-refractivity contribution is 0.0821. The number of hydrogen-bond acceptors (Lipinski definition) is 9. The van der Waals surface area contributed by atoms with Crippen molar-refractivity contribution in [2.75, 3.05) is 33.5 Å². The van der Waals surface area contributed by atoms with Gasteiger partial charge in [-0.05, 0) is 50.6 Å². The van der Waals surface area contributed by atoms with E-state index in [1.807, 2.05) is 32.9 Å². The highest BCUT2D eigenvalue weighted by atomic mass is 35.5. The minimum absolute atomic E-state index is 0.211. The number of anilines is 1. The molecule has 3 N–H and O–H groups in total. The number of carbonyl (C=O) groups excluding carboxylic acids is 2. The number of pyridine rings is 2. The Balaban J connectivity index is 1.67. The number of carbonyl (C=O) groups is 2. The van der Waals surface area contributed by atoms with Crippen LogP contribution in [0.1, 0.15) is 52.0 Å². The van der Waals surface area contributed by atoms with Gasteiger partial charge in [-0.25, -0.2) is 14.6 Å². The fraction of sp³-hybridized carbons (Fsp3) is 0.258. The van der Waals surface area contributed by atoms with Crippen molar-refractivity contribution in [2.24, 2.45) is 0 Å². The molecule has 0 aliphatic heterocycles. The number of halogens is 1. The van der Waals surface area contributed by atoms with Crippen LogP contribution in [0.25, 0.3) is 33.4 Å². The van der Waals surface area contributed by atoms with E-state index in [0.29, 0.717) is 51.1 Å². The Hall–Kier alpha value is -5.10. The third-order valence-electron chi connectivity index (χ3n) is 7.30. The Kier molecular flexibility index (Phi) is 8.45. The van der Waals surface area contributed by atoms with Gasteiger partial charge in [-0.15, -0.1) is 0 Å². The molecule has 4 heterocycles. The average molecular weight is 614 g/mol. The van der Waals surface area contributed by atoms with Crippen molar-refractivity contribution < 1.29 is 14.3 Å². The summed E-state index contributed by atoms with van der Waals surface area (Å²) in [7, 11) is 4.89. The molecule has 1 unspecified atom stereocenters. The topological polar surface area (TPSA) is 154 Å². The van der Waals surface area contributed by atoms with Crippen LogP contribution in [0.2, 0.25) is 5.02 Å². The maximum atomic E-state index is 12.4. The van der Waals surface area contributed by atoms with E-state index in [0.717, 1.165) is 22.3 Å². The number of aromatic nitrogens is 6. The summed E-state index contributed by atoms with van der Waals surface area (Å²) in [5.41, 5.74) is 11.7. The molecule has 0 aliphatic carbocycles. The van der Waals surface area contributed by atoms with Crippen LogP contribution in [0.4, 0.5) is 5.82 Å². The summed E-state index contributed by atoms with van der Waals surface area (Å²) < 4.78 is 8.02. The average Bonchev–Trinajstić information content (AvgIpc) is 3.43. The van der Waals surface area contributed by atoms with Gasteiger partial charge in [0.2, 0.25) is 0 Å². The number of nitrogen functional groups attached to an aromatic ring is 1. The van der Waals surface area contributed by atoms with E-state index in [2.05, 4.69) is 25.3 Å². The highest BCUT2D eigenvalue weighted by molar-refractivity contribution is 6.32. The fourth-order valence-corrected chi connectivity index (χ4v) is 5.21. The molecule has 1 aromatic carbocycles. The molecule has 0 bridgehead atoms. The Bertz CT molecular complexity index is 1870. The summed E-state index contributed by atoms with van der Waals surface area (Å²) in [6, 6.07) is 8.33. The SMILES string of the molecule is CCOc1c(C(C)n2nc(-c3ccc(C(=O)N(C)C)nc3)c3c(N)ncnc32)cc(Cl)c(C)c1-c1ccc(C(=O)NC)nc1. The van der Waals surface area contributed by atoms with Crippen molar-refractivity contribution in [1.82, 2.24) is 39.9 Å². The van der Waals surface area contributed by atoms with Crippen LogP contribution < -0.4 is 15.8 Å². The third kappa shape index (κ3) is 5.39. The lowest BCUT2D eigenvalue weighted by Gasteiger charge is -2.23. The van der Waals surface area contributed by atoms with Crippen molar-refractivity contribution >= 4 is 40.3 Å². The van der Waals surface area contributed by atoms with Gasteiger partial charge in [0.15, 0.2) is 5.65 Å². The number of nitrogens with one attached hydrogen (secondary N) is 1. The van der Waals surface area contributed by atoms with Crippen molar-refractivity contribution in [2.45, 2.75) is 26.8 Å². The molecule has 1 atom stereocenters. The molecule has 13 heteroatoms. The van der Waals surface area contributed by atoms with Gasteiger partial charge in [0.05, 0.1) is 18.0 Å². The van der Waals surface area contributed by atoms with E-state index < -0.39 is 6.04 Å². The van der Waals surface area contributed by atoms with Crippen LogP contribution >= 0.6 is 11.6 Å². The molecule has 0 radical (unpaired) electrons. The second-order valence-corrected chi connectivity index (χ2v) is 10.7. The molecule has 4 aromatic heterocycles. The summed E-state index contributed by atoms with van der Waals surface area (Å²) in [6.45, 7) is 6.17. The van der Waals surface area contributed by atoms with Gasteiger partial charge in [0.25, 0.3) is 11.8 Å². The first-order valence-corrected chi connectivity index (χ1v) is 14.3. The first-order valence-electron chi connectivity index (χ1n) is 13.9. The van der Waals surface area contributed by atoms with Crippen LogP contribution in [0.3, 0.4) is 0 Å². The molecule has 2 amide bonds. The van der Waals surface area contributed by atoms with Crippen molar-refractivity contribution in [1.29, 1.82) is 0 Å². The number of nitrogens with two attached hydrogens (primary N) is 1. The van der Waals surface area contributed by atoms with Gasteiger partial charge in [0.1, 0.15) is 35.0 Å². The summed E-state index contributed by atoms with van der Waals surface area (Å²) >= 11 is 6.83. The quantitative estimate of drug-likeness (QED) is 0.256. The number of ether oxygens (including phenoxy) is 1. The number of hydrogen-bond donors (Lipinski definition) is 2. The lowest BCUT2D eigenvalue weighted by Crippen LogP contribution is -2.22. The van der Waals surface area contributed by atoms with Crippen LogP contribution in [-0.4, -0.2) is 74.2 Å². The largest absolute Gasteiger partial charge is 0.493 e. The molecule has 0 saturated carbocycles. The molecule has 44 heavy (non-hydrogen) atoms. The van der Waals surface area contributed by atoms with E-state index in [9.17, 15) is 9.59 Å². The maximum absolute atomic E-state index is 12.4. The zero-order chi connectivity index (χ0) is 31.7. The molecular weight excluding hydrogens is 582 g/mol. The van der Waals surface area contributed by atoms with Gasteiger partial charge < -0.3 is 20.7 Å². The van der Waals surface area contributed by atoms with Gasteiger partial charge in [-0.3, -0.25) is 19.6 Å². The van der Waals surface area contributed by atoms with Crippen molar-refractivity contribution in [3.63, 3.8) is 0 Å². The Morgan fingerprint density at radius 1 is 1.07 bits per heavy atom.